The molecule has 0 atom stereocenters. The minimum Gasteiger partial charge on any atom is -0.495 e. The number of amides is 1. The molecule has 2 aromatic carbocycles. The van der Waals surface area contributed by atoms with Crippen molar-refractivity contribution in [2.45, 2.75) is 18.7 Å². The largest absolute Gasteiger partial charge is 0.495 e. The van der Waals surface area contributed by atoms with E-state index in [1.807, 2.05) is 0 Å². The number of hydrogen-bond donors (Lipinski definition) is 1. The van der Waals surface area contributed by atoms with Gasteiger partial charge < -0.3 is 10.1 Å². The summed E-state index contributed by atoms with van der Waals surface area (Å²) in [5.74, 6) is -0.192. The third kappa shape index (κ3) is 4.47. The molecule has 1 N–H and O–H groups in total. The molecule has 140 valence electrons. The van der Waals surface area contributed by atoms with Gasteiger partial charge in [0.1, 0.15) is 17.2 Å². The Hall–Kier alpha value is -2.25. The van der Waals surface area contributed by atoms with E-state index in [2.05, 4.69) is 5.32 Å². The van der Waals surface area contributed by atoms with Crippen LogP contribution in [-0.2, 0) is 14.8 Å². The van der Waals surface area contributed by atoms with Gasteiger partial charge in [0, 0.05) is 11.6 Å². The molecule has 6 nitrogen and oxygen atoms in total. The highest BCUT2D eigenvalue weighted by atomic mass is 35.5. The van der Waals surface area contributed by atoms with Gasteiger partial charge >= 0.3 is 0 Å². The highest BCUT2D eigenvalue weighted by molar-refractivity contribution is 7.93. The van der Waals surface area contributed by atoms with Gasteiger partial charge in [-0.15, -0.1) is 0 Å². The number of rotatable bonds is 7. The van der Waals surface area contributed by atoms with Crippen LogP contribution in [0.3, 0.4) is 0 Å². The van der Waals surface area contributed by atoms with Crippen molar-refractivity contribution in [2.75, 3.05) is 24.5 Å². The number of nitrogens with zero attached hydrogens (tertiary/aromatic N) is 1. The van der Waals surface area contributed by atoms with Crippen LogP contribution in [0.15, 0.2) is 47.4 Å². The predicted molar refractivity (Wildman–Crippen MR) is 102 cm³/mol. The van der Waals surface area contributed by atoms with Gasteiger partial charge in [0.05, 0.1) is 12.8 Å². The summed E-state index contributed by atoms with van der Waals surface area (Å²) in [6.45, 7) is 3.60. The van der Waals surface area contributed by atoms with Gasteiger partial charge in [-0.25, -0.2) is 8.42 Å². The number of anilines is 1. The number of aryl methyl sites for hydroxylation is 1. The van der Waals surface area contributed by atoms with Crippen LogP contribution in [0.1, 0.15) is 12.5 Å². The van der Waals surface area contributed by atoms with Crippen molar-refractivity contribution in [3.8, 4) is 5.75 Å². The Bertz CT molecular complexity index is 883. The lowest BCUT2D eigenvalue weighted by Crippen LogP contribution is -2.41. The van der Waals surface area contributed by atoms with Crippen molar-refractivity contribution in [2.24, 2.45) is 0 Å². The smallest absolute Gasteiger partial charge is 0.268 e. The van der Waals surface area contributed by atoms with Gasteiger partial charge in [0.2, 0.25) is 5.91 Å². The highest BCUT2D eigenvalue weighted by Gasteiger charge is 2.30. The summed E-state index contributed by atoms with van der Waals surface area (Å²) in [6.07, 6.45) is 0. The fourth-order valence-corrected chi connectivity index (χ4v) is 4.20. The van der Waals surface area contributed by atoms with Crippen LogP contribution < -0.4 is 14.4 Å². The maximum absolute atomic E-state index is 13.3. The van der Waals surface area contributed by atoms with Crippen molar-refractivity contribution < 1.29 is 17.9 Å². The molecule has 2 aromatic rings. The Labute approximate surface area is 158 Å². The van der Waals surface area contributed by atoms with E-state index in [9.17, 15) is 13.2 Å². The molecule has 0 aromatic heterocycles. The number of carbonyl (C=O) groups excluding carboxylic acids is 1. The van der Waals surface area contributed by atoms with Crippen LogP contribution in [0.5, 0.6) is 5.75 Å². The maximum atomic E-state index is 13.3. The van der Waals surface area contributed by atoms with Gasteiger partial charge in [-0.05, 0) is 55.8 Å². The van der Waals surface area contributed by atoms with E-state index in [1.165, 1.54) is 13.2 Å². The molecule has 2 rings (SSSR count). The quantitative estimate of drug-likeness (QED) is 0.780. The molecule has 0 bridgehead atoms. The fourth-order valence-electron chi connectivity index (χ4n) is 2.41. The summed E-state index contributed by atoms with van der Waals surface area (Å²) in [5, 5.41) is 3.09. The normalized spacial score (nSPS) is 11.1. The second-order valence-electron chi connectivity index (χ2n) is 5.60. The maximum Gasteiger partial charge on any atom is 0.268 e. The number of methoxy groups -OCH3 is 1. The van der Waals surface area contributed by atoms with E-state index in [-0.39, 0.29) is 17.2 Å². The van der Waals surface area contributed by atoms with Crippen LogP contribution >= 0.6 is 11.6 Å². The molecule has 1 amide bonds. The number of halogens is 1. The molecule has 26 heavy (non-hydrogen) atoms. The number of hydrogen-bond acceptors (Lipinski definition) is 4. The predicted octanol–water partition coefficient (Wildman–Crippen LogP) is 2.99. The van der Waals surface area contributed by atoms with E-state index < -0.39 is 15.9 Å². The van der Waals surface area contributed by atoms with Crippen molar-refractivity contribution in [1.29, 1.82) is 0 Å². The Morgan fingerprint density at radius 3 is 2.42 bits per heavy atom. The standard InChI is InChI=1S/C18H21ClN2O4S/c1-4-20-18(22)12-21(15-8-6-14(19)7-9-15)26(23,24)17-11-13(2)5-10-16(17)25-3/h5-11H,4,12H2,1-3H3,(H,20,22). The van der Waals surface area contributed by atoms with Crippen molar-refractivity contribution in [3.63, 3.8) is 0 Å². The SMILES string of the molecule is CCNC(=O)CN(c1ccc(Cl)cc1)S(=O)(=O)c1cc(C)ccc1OC. The molecule has 0 aliphatic rings. The molecule has 0 radical (unpaired) electrons. The number of likely N-dealkylation sites (N-methyl/N-ethyl adjacent to an activating group) is 1. The summed E-state index contributed by atoms with van der Waals surface area (Å²) in [7, 11) is -2.64. The number of ether oxygens (including phenoxy) is 1. The van der Waals surface area contributed by atoms with Crippen LogP contribution in [0, 0.1) is 6.92 Å². The van der Waals surface area contributed by atoms with Gasteiger partial charge in [0.25, 0.3) is 10.0 Å². The molecular weight excluding hydrogens is 376 g/mol. The zero-order valence-corrected chi connectivity index (χ0v) is 16.4. The third-order valence-electron chi connectivity index (χ3n) is 3.66. The Balaban J connectivity index is 2.57. The second kappa shape index (κ2) is 8.42. The molecule has 8 heteroatoms. The van der Waals surface area contributed by atoms with E-state index in [1.54, 1.807) is 50.2 Å². The molecular formula is C18H21ClN2O4S. The number of carbonyl (C=O) groups is 1. The summed E-state index contributed by atoms with van der Waals surface area (Å²) >= 11 is 5.90. The Morgan fingerprint density at radius 1 is 1.19 bits per heavy atom. The summed E-state index contributed by atoms with van der Waals surface area (Å²) in [6, 6.07) is 11.1. The average molecular weight is 397 g/mol. The molecule has 0 heterocycles. The minimum absolute atomic E-state index is 0.000696. The molecule has 0 aliphatic heterocycles. The first-order chi connectivity index (χ1) is 12.3. The zero-order valence-electron chi connectivity index (χ0n) is 14.8. The van der Waals surface area contributed by atoms with Crippen molar-refractivity contribution >= 4 is 33.2 Å². The minimum atomic E-state index is -4.04. The van der Waals surface area contributed by atoms with E-state index in [0.29, 0.717) is 17.3 Å². The first kappa shape index (κ1) is 20.1. The Kier molecular flexibility index (Phi) is 6.50. The van der Waals surface area contributed by atoms with Gasteiger partial charge in [-0.3, -0.25) is 9.10 Å². The molecule has 0 aliphatic carbocycles. The lowest BCUT2D eigenvalue weighted by molar-refractivity contribution is -0.119. The molecule has 0 unspecified atom stereocenters. The molecule has 0 saturated carbocycles. The van der Waals surface area contributed by atoms with Crippen LogP contribution in [-0.4, -0.2) is 34.5 Å². The average Bonchev–Trinajstić information content (AvgIpc) is 2.60. The molecule has 0 fully saturated rings. The highest BCUT2D eigenvalue weighted by Crippen LogP contribution is 2.31. The second-order valence-corrected chi connectivity index (χ2v) is 7.86. The van der Waals surface area contributed by atoms with Crippen LogP contribution in [0.4, 0.5) is 5.69 Å². The first-order valence-corrected chi connectivity index (χ1v) is 9.81. The first-order valence-electron chi connectivity index (χ1n) is 7.99. The fraction of sp³-hybridized carbons (Fsp3) is 0.278. The van der Waals surface area contributed by atoms with Crippen LogP contribution in [0.25, 0.3) is 0 Å². The number of benzene rings is 2. The van der Waals surface area contributed by atoms with Crippen molar-refractivity contribution in [1.82, 2.24) is 5.32 Å². The van der Waals surface area contributed by atoms with Crippen molar-refractivity contribution in [3.05, 3.63) is 53.1 Å². The topological polar surface area (TPSA) is 75.7 Å². The molecule has 0 saturated heterocycles. The van der Waals surface area contributed by atoms with Crippen LogP contribution in [0.2, 0.25) is 5.02 Å². The van der Waals surface area contributed by atoms with Gasteiger partial charge in [-0.2, -0.15) is 0 Å². The van der Waals surface area contributed by atoms with E-state index in [0.717, 1.165) is 9.87 Å². The Morgan fingerprint density at radius 2 is 1.85 bits per heavy atom. The monoisotopic (exact) mass is 396 g/mol. The third-order valence-corrected chi connectivity index (χ3v) is 5.71. The lowest BCUT2D eigenvalue weighted by atomic mass is 10.2. The molecule has 0 spiro atoms. The van der Waals surface area contributed by atoms with Gasteiger partial charge in [0.15, 0.2) is 0 Å². The van der Waals surface area contributed by atoms with Gasteiger partial charge in [-0.1, -0.05) is 17.7 Å². The zero-order chi connectivity index (χ0) is 19.3. The number of sulfonamides is 1. The number of nitrogens with one attached hydrogen (secondary N) is 1. The van der Waals surface area contributed by atoms with E-state index in [4.69, 9.17) is 16.3 Å². The lowest BCUT2D eigenvalue weighted by Gasteiger charge is -2.25. The summed E-state index contributed by atoms with van der Waals surface area (Å²) in [5.41, 5.74) is 1.10. The summed E-state index contributed by atoms with van der Waals surface area (Å²) < 4.78 is 32.9. The van der Waals surface area contributed by atoms with E-state index >= 15 is 0 Å². The summed E-state index contributed by atoms with van der Waals surface area (Å²) in [4.78, 5) is 12.1.